The molecule has 100 valence electrons. The van der Waals surface area contributed by atoms with Crippen LogP contribution in [0.2, 0.25) is 0 Å². The van der Waals surface area contributed by atoms with Crippen molar-refractivity contribution in [2.24, 2.45) is 5.92 Å². The quantitative estimate of drug-likeness (QED) is 0.744. The van der Waals surface area contributed by atoms with Crippen molar-refractivity contribution in [3.8, 4) is 0 Å². The maximum absolute atomic E-state index is 11.3. The SMILES string of the molecule is CCC(C(=O)O)N(CCC(C)C)C1CCCC1. The van der Waals surface area contributed by atoms with Crippen LogP contribution in [0.4, 0.5) is 0 Å². The third-order valence-electron chi connectivity index (χ3n) is 3.83. The summed E-state index contributed by atoms with van der Waals surface area (Å²) in [5.41, 5.74) is 0. The van der Waals surface area contributed by atoms with Gasteiger partial charge in [-0.15, -0.1) is 0 Å². The van der Waals surface area contributed by atoms with Gasteiger partial charge in [-0.05, 0) is 38.1 Å². The van der Waals surface area contributed by atoms with Crippen molar-refractivity contribution in [2.75, 3.05) is 6.54 Å². The number of carboxylic acids is 1. The number of nitrogens with zero attached hydrogens (tertiary/aromatic N) is 1. The van der Waals surface area contributed by atoms with Gasteiger partial charge in [0.2, 0.25) is 0 Å². The molecule has 0 aliphatic heterocycles. The molecule has 3 heteroatoms. The molecular weight excluding hydrogens is 214 g/mol. The molecule has 1 aliphatic carbocycles. The van der Waals surface area contributed by atoms with Gasteiger partial charge >= 0.3 is 5.97 Å². The molecule has 0 aromatic rings. The van der Waals surface area contributed by atoms with Gasteiger partial charge in [-0.3, -0.25) is 9.69 Å². The van der Waals surface area contributed by atoms with E-state index < -0.39 is 5.97 Å². The first-order valence-electron chi connectivity index (χ1n) is 7.04. The van der Waals surface area contributed by atoms with E-state index in [0.29, 0.717) is 18.4 Å². The Hall–Kier alpha value is -0.570. The first-order chi connectivity index (χ1) is 8.06. The van der Waals surface area contributed by atoms with Gasteiger partial charge in [-0.1, -0.05) is 33.6 Å². The van der Waals surface area contributed by atoms with E-state index in [2.05, 4.69) is 18.7 Å². The summed E-state index contributed by atoms with van der Waals surface area (Å²) in [6, 6.07) is 0.228. The lowest BCUT2D eigenvalue weighted by Gasteiger charge is -2.34. The van der Waals surface area contributed by atoms with Gasteiger partial charge in [0.15, 0.2) is 0 Å². The van der Waals surface area contributed by atoms with E-state index in [4.69, 9.17) is 0 Å². The van der Waals surface area contributed by atoms with Gasteiger partial charge in [0.05, 0.1) is 0 Å². The molecule has 0 heterocycles. The third-order valence-corrected chi connectivity index (χ3v) is 3.83. The van der Waals surface area contributed by atoms with E-state index >= 15 is 0 Å². The van der Waals surface area contributed by atoms with Crippen LogP contribution in [0.3, 0.4) is 0 Å². The van der Waals surface area contributed by atoms with Crippen LogP contribution >= 0.6 is 0 Å². The van der Waals surface area contributed by atoms with Crippen LogP contribution in [0.1, 0.15) is 59.3 Å². The summed E-state index contributed by atoms with van der Waals surface area (Å²) in [5, 5.41) is 9.33. The maximum Gasteiger partial charge on any atom is 0.320 e. The molecule has 1 N–H and O–H groups in total. The zero-order chi connectivity index (χ0) is 12.8. The zero-order valence-electron chi connectivity index (χ0n) is 11.5. The molecule has 1 unspecified atom stereocenters. The highest BCUT2D eigenvalue weighted by Gasteiger charge is 2.31. The summed E-state index contributed by atoms with van der Waals surface area (Å²) in [6.07, 6.45) is 6.70. The molecule has 0 saturated heterocycles. The molecule has 1 fully saturated rings. The minimum absolute atomic E-state index is 0.281. The van der Waals surface area contributed by atoms with Crippen LogP contribution in [-0.2, 0) is 4.79 Å². The van der Waals surface area contributed by atoms with Crippen LogP contribution < -0.4 is 0 Å². The highest BCUT2D eigenvalue weighted by atomic mass is 16.4. The van der Waals surface area contributed by atoms with Crippen molar-refractivity contribution in [3.05, 3.63) is 0 Å². The number of carboxylic acid groups (broad SMARTS) is 1. The largest absolute Gasteiger partial charge is 0.480 e. The fourth-order valence-electron chi connectivity index (χ4n) is 2.79. The first kappa shape index (κ1) is 14.5. The molecule has 1 atom stereocenters. The molecule has 0 aromatic heterocycles. The Balaban J connectivity index is 2.65. The van der Waals surface area contributed by atoms with Gasteiger partial charge in [0.25, 0.3) is 0 Å². The summed E-state index contributed by atoms with van der Waals surface area (Å²) in [7, 11) is 0. The van der Waals surface area contributed by atoms with Gasteiger partial charge in [0, 0.05) is 6.04 Å². The van der Waals surface area contributed by atoms with E-state index in [1.54, 1.807) is 0 Å². The van der Waals surface area contributed by atoms with Gasteiger partial charge in [-0.25, -0.2) is 0 Å². The van der Waals surface area contributed by atoms with E-state index in [-0.39, 0.29) is 6.04 Å². The zero-order valence-corrected chi connectivity index (χ0v) is 11.5. The van der Waals surface area contributed by atoms with E-state index in [1.165, 1.54) is 25.7 Å². The highest BCUT2D eigenvalue weighted by Crippen LogP contribution is 2.26. The summed E-state index contributed by atoms with van der Waals surface area (Å²) in [5.74, 6) is -0.00615. The lowest BCUT2D eigenvalue weighted by Crippen LogP contribution is -2.46. The normalized spacial score (nSPS) is 19.1. The van der Waals surface area contributed by atoms with Crippen molar-refractivity contribution in [1.29, 1.82) is 0 Å². The lowest BCUT2D eigenvalue weighted by atomic mass is 10.0. The van der Waals surface area contributed by atoms with Gasteiger partial charge in [-0.2, -0.15) is 0 Å². The Kier molecular flexibility index (Phi) is 5.96. The Labute approximate surface area is 105 Å². The molecule has 1 aliphatic rings. The van der Waals surface area contributed by atoms with Gasteiger partial charge in [0.1, 0.15) is 6.04 Å². The third kappa shape index (κ3) is 4.30. The standard InChI is InChI=1S/C14H27NO2/c1-4-13(14(16)17)15(10-9-11(2)3)12-7-5-6-8-12/h11-13H,4-10H2,1-3H3,(H,16,17). The second-order valence-electron chi connectivity index (χ2n) is 5.62. The maximum atomic E-state index is 11.3. The topological polar surface area (TPSA) is 40.5 Å². The molecule has 0 amide bonds. The monoisotopic (exact) mass is 241 g/mol. The predicted molar refractivity (Wildman–Crippen MR) is 70.1 cm³/mol. The Morgan fingerprint density at radius 1 is 1.35 bits per heavy atom. The first-order valence-corrected chi connectivity index (χ1v) is 7.04. The highest BCUT2D eigenvalue weighted by molar-refractivity contribution is 5.73. The fourth-order valence-corrected chi connectivity index (χ4v) is 2.79. The molecule has 0 radical (unpaired) electrons. The molecule has 0 bridgehead atoms. The Morgan fingerprint density at radius 2 is 1.94 bits per heavy atom. The minimum Gasteiger partial charge on any atom is -0.480 e. The van der Waals surface area contributed by atoms with Crippen molar-refractivity contribution < 1.29 is 9.90 Å². The Bertz CT molecular complexity index is 234. The summed E-state index contributed by atoms with van der Waals surface area (Å²) in [4.78, 5) is 13.6. The van der Waals surface area contributed by atoms with Crippen molar-refractivity contribution >= 4 is 5.97 Å². The molecule has 1 saturated carbocycles. The molecule has 17 heavy (non-hydrogen) atoms. The summed E-state index contributed by atoms with van der Waals surface area (Å²) < 4.78 is 0. The van der Waals surface area contributed by atoms with Crippen LogP contribution in [0.25, 0.3) is 0 Å². The smallest absolute Gasteiger partial charge is 0.320 e. The van der Waals surface area contributed by atoms with Crippen LogP contribution in [0.5, 0.6) is 0 Å². The summed E-state index contributed by atoms with van der Waals surface area (Å²) in [6.45, 7) is 7.33. The number of aliphatic carboxylic acids is 1. The molecular formula is C14H27NO2. The molecule has 0 spiro atoms. The van der Waals surface area contributed by atoms with Crippen LogP contribution in [0, 0.1) is 5.92 Å². The average molecular weight is 241 g/mol. The van der Waals surface area contributed by atoms with Crippen molar-refractivity contribution in [3.63, 3.8) is 0 Å². The van der Waals surface area contributed by atoms with Crippen molar-refractivity contribution in [1.82, 2.24) is 4.90 Å². The lowest BCUT2D eigenvalue weighted by molar-refractivity contribution is -0.144. The molecule has 0 aromatic carbocycles. The number of hydrogen-bond donors (Lipinski definition) is 1. The van der Waals surface area contributed by atoms with Gasteiger partial charge < -0.3 is 5.11 Å². The van der Waals surface area contributed by atoms with Crippen LogP contribution in [-0.4, -0.2) is 34.6 Å². The fraction of sp³-hybridized carbons (Fsp3) is 0.929. The van der Waals surface area contributed by atoms with E-state index in [9.17, 15) is 9.90 Å². The van der Waals surface area contributed by atoms with E-state index in [1.807, 2.05) is 6.92 Å². The molecule has 1 rings (SSSR count). The molecule has 3 nitrogen and oxygen atoms in total. The van der Waals surface area contributed by atoms with Crippen molar-refractivity contribution in [2.45, 2.75) is 71.4 Å². The predicted octanol–water partition coefficient (Wildman–Crippen LogP) is 3.14. The second kappa shape index (κ2) is 7.00. The minimum atomic E-state index is -0.650. The number of carbonyl (C=O) groups is 1. The number of rotatable bonds is 7. The summed E-state index contributed by atoms with van der Waals surface area (Å²) >= 11 is 0. The second-order valence-corrected chi connectivity index (χ2v) is 5.62. The van der Waals surface area contributed by atoms with Crippen LogP contribution in [0.15, 0.2) is 0 Å². The Morgan fingerprint density at radius 3 is 2.35 bits per heavy atom. The van der Waals surface area contributed by atoms with E-state index in [0.717, 1.165) is 13.0 Å². The average Bonchev–Trinajstić information content (AvgIpc) is 2.76. The number of hydrogen-bond acceptors (Lipinski definition) is 2.